The first kappa shape index (κ1) is 12.4. The average Bonchev–Trinajstić information content (AvgIpc) is 2.54. The highest BCUT2D eigenvalue weighted by atomic mass is 16.5. The van der Waals surface area contributed by atoms with E-state index in [1.54, 1.807) is 7.11 Å². The second-order valence-corrected chi connectivity index (χ2v) is 4.41. The van der Waals surface area contributed by atoms with E-state index in [0.29, 0.717) is 0 Å². The molecule has 1 N–H and O–H groups in total. The summed E-state index contributed by atoms with van der Waals surface area (Å²) in [5, 5.41) is 3.49. The van der Waals surface area contributed by atoms with Crippen LogP contribution in [0.2, 0.25) is 0 Å². The topological polar surface area (TPSA) is 30.5 Å². The summed E-state index contributed by atoms with van der Waals surface area (Å²) in [5.41, 5.74) is 3.98. The number of aryl methyl sites for hydroxylation is 1. The van der Waals surface area contributed by atoms with Gasteiger partial charge in [0.05, 0.1) is 26.4 Å². The summed E-state index contributed by atoms with van der Waals surface area (Å²) in [6.07, 6.45) is 0.933. The molecule has 1 aliphatic heterocycles. The van der Waals surface area contributed by atoms with Crippen molar-refractivity contribution in [3.8, 4) is 5.75 Å². The van der Waals surface area contributed by atoms with Gasteiger partial charge in [-0.1, -0.05) is 13.0 Å². The molecule has 1 atom stereocenters. The summed E-state index contributed by atoms with van der Waals surface area (Å²) in [6, 6.07) is 4.48. The molecule has 1 heterocycles. The van der Waals surface area contributed by atoms with Crippen molar-refractivity contribution >= 4 is 0 Å². The van der Waals surface area contributed by atoms with E-state index in [-0.39, 0.29) is 6.04 Å². The molecule has 0 fully saturated rings. The lowest BCUT2D eigenvalue weighted by molar-refractivity contribution is 0.122. The molecule has 3 heteroatoms. The van der Waals surface area contributed by atoms with Gasteiger partial charge in [0.1, 0.15) is 5.75 Å². The number of fused-ring (bicyclic) bond motifs is 1. The van der Waals surface area contributed by atoms with E-state index < -0.39 is 0 Å². The quantitative estimate of drug-likeness (QED) is 0.871. The van der Waals surface area contributed by atoms with Crippen molar-refractivity contribution < 1.29 is 9.47 Å². The molecular formula is C14H21NO2. The molecule has 17 heavy (non-hydrogen) atoms. The van der Waals surface area contributed by atoms with Crippen LogP contribution in [0.4, 0.5) is 0 Å². The number of ether oxygens (including phenoxy) is 2. The van der Waals surface area contributed by atoms with Crippen molar-refractivity contribution in [3.63, 3.8) is 0 Å². The van der Waals surface area contributed by atoms with E-state index in [1.807, 2.05) is 0 Å². The molecular weight excluding hydrogens is 214 g/mol. The fourth-order valence-electron chi connectivity index (χ4n) is 2.56. The van der Waals surface area contributed by atoms with Crippen LogP contribution in [0.1, 0.15) is 29.7 Å². The fraction of sp³-hybridized carbons (Fsp3) is 0.571. The van der Waals surface area contributed by atoms with Crippen molar-refractivity contribution in [2.75, 3.05) is 26.9 Å². The molecule has 94 valence electrons. The van der Waals surface area contributed by atoms with Gasteiger partial charge < -0.3 is 14.8 Å². The van der Waals surface area contributed by atoms with Gasteiger partial charge >= 0.3 is 0 Å². The highest BCUT2D eigenvalue weighted by molar-refractivity contribution is 5.47. The maximum Gasteiger partial charge on any atom is 0.122 e. The minimum atomic E-state index is 0.285. The van der Waals surface area contributed by atoms with Crippen LogP contribution in [0.3, 0.4) is 0 Å². The minimum absolute atomic E-state index is 0.285. The standard InChI is InChI=1S/C14H21NO2/c1-4-15-12-9-17-8-7-11-13(16-3)6-5-10(2)14(11)12/h5-6,12,15H,4,7-9H2,1-3H3. The molecule has 0 saturated heterocycles. The summed E-state index contributed by atoms with van der Waals surface area (Å²) >= 11 is 0. The Morgan fingerprint density at radius 3 is 3.00 bits per heavy atom. The second kappa shape index (κ2) is 5.52. The Hall–Kier alpha value is -1.06. The molecule has 1 aromatic rings. The number of hydrogen-bond donors (Lipinski definition) is 1. The van der Waals surface area contributed by atoms with Crippen LogP contribution in [0.5, 0.6) is 5.75 Å². The van der Waals surface area contributed by atoms with E-state index in [9.17, 15) is 0 Å². The van der Waals surface area contributed by atoms with Crippen LogP contribution >= 0.6 is 0 Å². The third kappa shape index (κ3) is 2.45. The van der Waals surface area contributed by atoms with E-state index in [2.05, 4.69) is 31.3 Å². The largest absolute Gasteiger partial charge is 0.496 e. The van der Waals surface area contributed by atoms with Gasteiger partial charge in [0.15, 0.2) is 0 Å². The zero-order chi connectivity index (χ0) is 12.3. The molecule has 3 nitrogen and oxygen atoms in total. The number of rotatable bonds is 3. The third-order valence-electron chi connectivity index (χ3n) is 3.33. The normalized spacial score (nSPS) is 19.6. The first-order valence-electron chi connectivity index (χ1n) is 6.25. The van der Waals surface area contributed by atoms with E-state index >= 15 is 0 Å². The molecule has 0 saturated carbocycles. The van der Waals surface area contributed by atoms with E-state index in [4.69, 9.17) is 9.47 Å². The molecule has 0 spiro atoms. The zero-order valence-corrected chi connectivity index (χ0v) is 10.9. The number of hydrogen-bond acceptors (Lipinski definition) is 3. The van der Waals surface area contributed by atoms with Crippen LogP contribution < -0.4 is 10.1 Å². The maximum absolute atomic E-state index is 5.68. The van der Waals surface area contributed by atoms with Crippen molar-refractivity contribution in [3.05, 3.63) is 28.8 Å². The molecule has 0 aromatic heterocycles. The molecule has 0 radical (unpaired) electrons. The number of likely N-dealkylation sites (N-methyl/N-ethyl adjacent to an activating group) is 1. The maximum atomic E-state index is 5.68. The first-order chi connectivity index (χ1) is 8.27. The van der Waals surface area contributed by atoms with Gasteiger partial charge in [0, 0.05) is 5.56 Å². The Bertz CT molecular complexity index is 390. The predicted molar refractivity (Wildman–Crippen MR) is 68.7 cm³/mol. The van der Waals surface area contributed by atoms with Gasteiger partial charge in [0.25, 0.3) is 0 Å². The monoisotopic (exact) mass is 235 g/mol. The lowest BCUT2D eigenvalue weighted by atomic mass is 9.94. The Balaban J connectivity index is 2.47. The summed E-state index contributed by atoms with van der Waals surface area (Å²) in [5.74, 6) is 0.985. The summed E-state index contributed by atoms with van der Waals surface area (Å²) < 4.78 is 11.1. The number of methoxy groups -OCH3 is 1. The van der Waals surface area contributed by atoms with Crippen molar-refractivity contribution in [2.45, 2.75) is 26.3 Å². The molecule has 2 rings (SSSR count). The smallest absolute Gasteiger partial charge is 0.122 e. The van der Waals surface area contributed by atoms with Crippen LogP contribution in [0, 0.1) is 6.92 Å². The lowest BCUT2D eigenvalue weighted by Crippen LogP contribution is -2.25. The van der Waals surface area contributed by atoms with Crippen molar-refractivity contribution in [2.24, 2.45) is 0 Å². The van der Waals surface area contributed by atoms with Gasteiger partial charge in [-0.3, -0.25) is 0 Å². The zero-order valence-electron chi connectivity index (χ0n) is 10.9. The predicted octanol–water partition coefficient (Wildman–Crippen LogP) is 2.23. The van der Waals surface area contributed by atoms with Gasteiger partial charge in [-0.2, -0.15) is 0 Å². The molecule has 1 aromatic carbocycles. The van der Waals surface area contributed by atoms with Crippen LogP contribution in [-0.4, -0.2) is 26.9 Å². The summed E-state index contributed by atoms with van der Waals surface area (Å²) in [6.45, 7) is 6.75. The average molecular weight is 235 g/mol. The fourth-order valence-corrected chi connectivity index (χ4v) is 2.56. The third-order valence-corrected chi connectivity index (χ3v) is 3.33. The lowest BCUT2D eigenvalue weighted by Gasteiger charge is -2.21. The van der Waals surface area contributed by atoms with Gasteiger partial charge in [-0.05, 0) is 37.1 Å². The van der Waals surface area contributed by atoms with Gasteiger partial charge in [-0.25, -0.2) is 0 Å². The van der Waals surface area contributed by atoms with Crippen molar-refractivity contribution in [1.29, 1.82) is 0 Å². The van der Waals surface area contributed by atoms with E-state index in [1.165, 1.54) is 16.7 Å². The van der Waals surface area contributed by atoms with Gasteiger partial charge in [-0.15, -0.1) is 0 Å². The highest BCUT2D eigenvalue weighted by Crippen LogP contribution is 2.32. The molecule has 0 bridgehead atoms. The Labute approximate surface area is 103 Å². The molecule has 1 unspecified atom stereocenters. The van der Waals surface area contributed by atoms with Crippen LogP contribution in [0.15, 0.2) is 12.1 Å². The SMILES string of the molecule is CCNC1COCCc2c(OC)ccc(C)c21. The molecule has 0 amide bonds. The van der Waals surface area contributed by atoms with Gasteiger partial charge in [0.2, 0.25) is 0 Å². The molecule has 0 aliphatic carbocycles. The van der Waals surface area contributed by atoms with Crippen molar-refractivity contribution in [1.82, 2.24) is 5.32 Å². The Morgan fingerprint density at radius 2 is 2.29 bits per heavy atom. The van der Waals surface area contributed by atoms with E-state index in [0.717, 1.165) is 31.9 Å². The Morgan fingerprint density at radius 1 is 1.47 bits per heavy atom. The minimum Gasteiger partial charge on any atom is -0.496 e. The number of benzene rings is 1. The number of nitrogens with one attached hydrogen (secondary N) is 1. The van der Waals surface area contributed by atoms with Crippen LogP contribution in [-0.2, 0) is 11.2 Å². The Kier molecular flexibility index (Phi) is 4.02. The highest BCUT2D eigenvalue weighted by Gasteiger charge is 2.22. The molecule has 1 aliphatic rings. The summed E-state index contributed by atoms with van der Waals surface area (Å²) in [4.78, 5) is 0. The summed E-state index contributed by atoms with van der Waals surface area (Å²) in [7, 11) is 1.74. The first-order valence-corrected chi connectivity index (χ1v) is 6.25. The van der Waals surface area contributed by atoms with Crippen LogP contribution in [0.25, 0.3) is 0 Å². The second-order valence-electron chi connectivity index (χ2n) is 4.41.